The van der Waals surface area contributed by atoms with Crippen LogP contribution in [0.25, 0.3) is 0 Å². The molecule has 1 aromatic heterocycles. The molecule has 6 heteroatoms. The summed E-state index contributed by atoms with van der Waals surface area (Å²) in [4.78, 5) is 4.10. The van der Waals surface area contributed by atoms with Crippen molar-refractivity contribution in [3.8, 4) is 6.07 Å². The standard InChI is InChI=1S/C12H8BrClN4/c13-9-5-8(14)1-2-10(9)18-12-11(16)7(6-15)3-4-17-12/h1-5H,16H2,(H,17,18). The molecular formula is C12H8BrClN4. The van der Waals surface area contributed by atoms with E-state index in [2.05, 4.69) is 26.2 Å². The molecule has 0 radical (unpaired) electrons. The number of nitrogens with two attached hydrogens (primary N) is 1. The van der Waals surface area contributed by atoms with Gasteiger partial charge in [0.15, 0.2) is 5.82 Å². The average Bonchev–Trinajstić information content (AvgIpc) is 2.35. The zero-order valence-corrected chi connectivity index (χ0v) is 11.5. The van der Waals surface area contributed by atoms with Crippen LogP contribution in [0.4, 0.5) is 17.2 Å². The third-order valence-corrected chi connectivity index (χ3v) is 3.19. The second-order valence-electron chi connectivity index (χ2n) is 3.48. The van der Waals surface area contributed by atoms with Crippen LogP contribution in [-0.2, 0) is 0 Å². The molecule has 18 heavy (non-hydrogen) atoms. The lowest BCUT2D eigenvalue weighted by Crippen LogP contribution is -2.01. The third kappa shape index (κ3) is 2.55. The number of nitrogens with zero attached hydrogens (tertiary/aromatic N) is 2. The van der Waals surface area contributed by atoms with Crippen LogP contribution in [0.2, 0.25) is 5.02 Å². The fraction of sp³-hybridized carbons (Fsp3) is 0. The van der Waals surface area contributed by atoms with Gasteiger partial charge in [0, 0.05) is 15.7 Å². The van der Waals surface area contributed by atoms with Crippen LogP contribution in [0, 0.1) is 11.3 Å². The molecule has 90 valence electrons. The van der Waals surface area contributed by atoms with Crippen molar-refractivity contribution in [2.75, 3.05) is 11.1 Å². The van der Waals surface area contributed by atoms with Gasteiger partial charge in [-0.2, -0.15) is 5.26 Å². The van der Waals surface area contributed by atoms with Gasteiger partial charge in [0.05, 0.1) is 16.9 Å². The molecule has 0 saturated heterocycles. The lowest BCUT2D eigenvalue weighted by molar-refractivity contribution is 1.29. The van der Waals surface area contributed by atoms with Crippen LogP contribution in [0.15, 0.2) is 34.9 Å². The maximum atomic E-state index is 8.89. The van der Waals surface area contributed by atoms with E-state index < -0.39 is 0 Å². The third-order valence-electron chi connectivity index (χ3n) is 2.29. The highest BCUT2D eigenvalue weighted by Crippen LogP contribution is 2.30. The van der Waals surface area contributed by atoms with Crippen molar-refractivity contribution >= 4 is 44.7 Å². The molecule has 1 heterocycles. The predicted molar refractivity (Wildman–Crippen MR) is 75.8 cm³/mol. The highest BCUT2D eigenvalue weighted by atomic mass is 79.9. The number of anilines is 3. The Morgan fingerprint density at radius 3 is 2.83 bits per heavy atom. The highest BCUT2D eigenvalue weighted by Gasteiger charge is 2.08. The first-order valence-corrected chi connectivity index (χ1v) is 6.15. The lowest BCUT2D eigenvalue weighted by atomic mass is 10.2. The van der Waals surface area contributed by atoms with Gasteiger partial charge in [-0.3, -0.25) is 0 Å². The number of pyridine rings is 1. The molecule has 0 amide bonds. The largest absolute Gasteiger partial charge is 0.395 e. The van der Waals surface area contributed by atoms with Crippen molar-refractivity contribution in [1.82, 2.24) is 4.98 Å². The fourth-order valence-corrected chi connectivity index (χ4v) is 2.17. The van der Waals surface area contributed by atoms with Crippen molar-refractivity contribution in [2.45, 2.75) is 0 Å². The van der Waals surface area contributed by atoms with E-state index in [-0.39, 0.29) is 0 Å². The number of nitrogens with one attached hydrogen (secondary N) is 1. The number of nitriles is 1. The second kappa shape index (κ2) is 5.25. The van der Waals surface area contributed by atoms with E-state index >= 15 is 0 Å². The molecule has 2 aromatic rings. The zero-order chi connectivity index (χ0) is 13.1. The number of hydrogen-bond donors (Lipinski definition) is 2. The van der Waals surface area contributed by atoms with E-state index in [1.807, 2.05) is 6.07 Å². The van der Waals surface area contributed by atoms with Gasteiger partial charge in [0.2, 0.25) is 0 Å². The molecule has 0 saturated carbocycles. The van der Waals surface area contributed by atoms with Gasteiger partial charge in [0.1, 0.15) is 6.07 Å². The quantitative estimate of drug-likeness (QED) is 0.883. The Morgan fingerprint density at radius 2 is 2.17 bits per heavy atom. The smallest absolute Gasteiger partial charge is 0.154 e. The summed E-state index contributed by atoms with van der Waals surface area (Å²) in [7, 11) is 0. The molecule has 4 nitrogen and oxygen atoms in total. The zero-order valence-electron chi connectivity index (χ0n) is 9.11. The Morgan fingerprint density at radius 1 is 1.39 bits per heavy atom. The van der Waals surface area contributed by atoms with Crippen LogP contribution in [0.3, 0.4) is 0 Å². The van der Waals surface area contributed by atoms with E-state index in [0.29, 0.717) is 22.1 Å². The topological polar surface area (TPSA) is 74.7 Å². The van der Waals surface area contributed by atoms with Crippen LogP contribution in [-0.4, -0.2) is 4.98 Å². The molecule has 3 N–H and O–H groups in total. The molecule has 2 rings (SSSR count). The number of benzene rings is 1. The summed E-state index contributed by atoms with van der Waals surface area (Å²) in [5.74, 6) is 0.442. The first-order chi connectivity index (χ1) is 8.61. The summed E-state index contributed by atoms with van der Waals surface area (Å²) in [6.07, 6.45) is 1.53. The van der Waals surface area contributed by atoms with E-state index in [1.165, 1.54) is 6.20 Å². The van der Waals surface area contributed by atoms with E-state index in [4.69, 9.17) is 22.6 Å². The Balaban J connectivity index is 2.38. The molecule has 0 spiro atoms. The van der Waals surface area contributed by atoms with Gasteiger partial charge in [-0.15, -0.1) is 0 Å². The van der Waals surface area contributed by atoms with Gasteiger partial charge < -0.3 is 11.1 Å². The molecule has 0 aliphatic heterocycles. The summed E-state index contributed by atoms with van der Waals surface area (Å²) in [5.41, 5.74) is 7.31. The minimum Gasteiger partial charge on any atom is -0.395 e. The second-order valence-corrected chi connectivity index (χ2v) is 4.77. The van der Waals surface area contributed by atoms with E-state index in [1.54, 1.807) is 24.3 Å². The van der Waals surface area contributed by atoms with Crippen molar-refractivity contribution in [2.24, 2.45) is 0 Å². The Labute approximate surface area is 118 Å². The molecule has 0 aliphatic rings. The number of aromatic nitrogens is 1. The Hall–Kier alpha value is -1.77. The maximum absolute atomic E-state index is 8.89. The van der Waals surface area contributed by atoms with Crippen molar-refractivity contribution in [1.29, 1.82) is 5.26 Å². The van der Waals surface area contributed by atoms with Crippen LogP contribution >= 0.6 is 27.5 Å². The molecule has 0 bridgehead atoms. The van der Waals surface area contributed by atoms with Crippen molar-refractivity contribution < 1.29 is 0 Å². The summed E-state index contributed by atoms with van der Waals surface area (Å²) < 4.78 is 0.790. The number of halogens is 2. The van der Waals surface area contributed by atoms with Gasteiger partial charge in [-0.05, 0) is 40.2 Å². The minimum absolute atomic E-state index is 0.321. The molecule has 0 atom stereocenters. The van der Waals surface area contributed by atoms with Gasteiger partial charge in [-0.25, -0.2) is 4.98 Å². The maximum Gasteiger partial charge on any atom is 0.154 e. The SMILES string of the molecule is N#Cc1ccnc(Nc2ccc(Cl)cc2Br)c1N. The first-order valence-electron chi connectivity index (χ1n) is 4.98. The Kier molecular flexibility index (Phi) is 3.70. The summed E-state index contributed by atoms with van der Waals surface area (Å²) in [6.45, 7) is 0. The number of rotatable bonds is 2. The van der Waals surface area contributed by atoms with Gasteiger partial charge >= 0.3 is 0 Å². The molecule has 0 aliphatic carbocycles. The highest BCUT2D eigenvalue weighted by molar-refractivity contribution is 9.10. The lowest BCUT2D eigenvalue weighted by Gasteiger charge is -2.10. The van der Waals surface area contributed by atoms with Crippen LogP contribution in [0.5, 0.6) is 0 Å². The summed E-state index contributed by atoms with van der Waals surface area (Å²) in [6, 6.07) is 8.88. The predicted octanol–water partition coefficient (Wildman–Crippen LogP) is 3.69. The first kappa shape index (κ1) is 12.7. The van der Waals surface area contributed by atoms with E-state index in [0.717, 1.165) is 10.2 Å². The van der Waals surface area contributed by atoms with Gasteiger partial charge in [-0.1, -0.05) is 11.6 Å². The minimum atomic E-state index is 0.321. The van der Waals surface area contributed by atoms with Crippen LogP contribution < -0.4 is 11.1 Å². The van der Waals surface area contributed by atoms with Gasteiger partial charge in [0.25, 0.3) is 0 Å². The fourth-order valence-electron chi connectivity index (χ4n) is 1.39. The average molecular weight is 324 g/mol. The molecule has 1 aromatic carbocycles. The molecule has 0 fully saturated rings. The van der Waals surface area contributed by atoms with E-state index in [9.17, 15) is 0 Å². The Bertz CT molecular complexity index is 636. The molecule has 0 unspecified atom stereocenters. The van der Waals surface area contributed by atoms with Crippen molar-refractivity contribution in [3.63, 3.8) is 0 Å². The number of hydrogen-bond acceptors (Lipinski definition) is 4. The molecular weight excluding hydrogens is 316 g/mol. The normalized spacial score (nSPS) is 9.83. The summed E-state index contributed by atoms with van der Waals surface area (Å²) in [5, 5.41) is 12.6. The van der Waals surface area contributed by atoms with Crippen molar-refractivity contribution in [3.05, 3.63) is 45.5 Å². The summed E-state index contributed by atoms with van der Waals surface area (Å²) >= 11 is 9.24. The monoisotopic (exact) mass is 322 g/mol. The van der Waals surface area contributed by atoms with Crippen LogP contribution in [0.1, 0.15) is 5.56 Å². The number of nitrogen functional groups attached to an aromatic ring is 1.